The number of nitrogens with one attached hydrogen (secondary N) is 1. The van der Waals surface area contributed by atoms with Crippen LogP contribution in [0.2, 0.25) is 0 Å². The van der Waals surface area contributed by atoms with Crippen LogP contribution in [0.15, 0.2) is 65.6 Å². The van der Waals surface area contributed by atoms with Crippen molar-refractivity contribution in [3.8, 4) is 0 Å². The van der Waals surface area contributed by atoms with Crippen molar-refractivity contribution in [3.63, 3.8) is 0 Å². The number of aromatic nitrogens is 1. The summed E-state index contributed by atoms with van der Waals surface area (Å²) >= 11 is 3.03. The smallest absolute Gasteiger partial charge is 0.226 e. The van der Waals surface area contributed by atoms with E-state index in [1.807, 2.05) is 24.3 Å². The molecule has 26 heavy (non-hydrogen) atoms. The van der Waals surface area contributed by atoms with E-state index in [1.165, 1.54) is 35.2 Å². The van der Waals surface area contributed by atoms with Gasteiger partial charge in [-0.05, 0) is 35.7 Å². The second-order valence-corrected chi connectivity index (χ2v) is 7.92. The molecule has 130 valence electrons. The van der Waals surface area contributed by atoms with Gasteiger partial charge in [-0.15, -0.1) is 11.8 Å². The van der Waals surface area contributed by atoms with Gasteiger partial charge in [0.05, 0.1) is 10.2 Å². The molecule has 0 unspecified atom stereocenters. The molecule has 3 aromatic carbocycles. The molecule has 0 radical (unpaired) electrons. The summed E-state index contributed by atoms with van der Waals surface area (Å²) in [6.07, 6.45) is 0.374. The number of anilines is 1. The average Bonchev–Trinajstić information content (AvgIpc) is 3.06. The van der Waals surface area contributed by atoms with Crippen molar-refractivity contribution in [2.75, 3.05) is 11.1 Å². The van der Waals surface area contributed by atoms with Crippen LogP contribution in [0, 0.1) is 5.82 Å². The van der Waals surface area contributed by atoms with Crippen LogP contribution in [0.4, 0.5) is 9.52 Å². The molecule has 6 heteroatoms. The number of amides is 1. The standard InChI is InChI=1S/C20H15FN2OS2/c21-14-6-8-15(9-7-14)25-12-11-18(24)23-20-22-17-10-5-13-3-1-2-4-16(13)19(17)26-20/h1-10H,11-12H2,(H,22,23,24). The zero-order chi connectivity index (χ0) is 17.9. The van der Waals surface area contributed by atoms with Crippen molar-refractivity contribution in [3.05, 3.63) is 66.5 Å². The van der Waals surface area contributed by atoms with Crippen molar-refractivity contribution in [1.82, 2.24) is 4.98 Å². The summed E-state index contributed by atoms with van der Waals surface area (Å²) in [5.41, 5.74) is 0.893. The lowest BCUT2D eigenvalue weighted by molar-refractivity contribution is -0.115. The average molecular weight is 382 g/mol. The highest BCUT2D eigenvalue weighted by molar-refractivity contribution is 7.99. The van der Waals surface area contributed by atoms with E-state index in [1.54, 1.807) is 12.1 Å². The Labute approximate surface area is 158 Å². The van der Waals surface area contributed by atoms with E-state index in [2.05, 4.69) is 22.4 Å². The molecule has 0 aliphatic rings. The third-order valence-electron chi connectivity index (χ3n) is 3.94. The molecule has 3 nitrogen and oxygen atoms in total. The molecule has 1 heterocycles. The van der Waals surface area contributed by atoms with Crippen LogP contribution in [-0.2, 0) is 4.79 Å². The van der Waals surface area contributed by atoms with Crippen LogP contribution in [0.5, 0.6) is 0 Å². The predicted molar refractivity (Wildman–Crippen MR) is 107 cm³/mol. The summed E-state index contributed by atoms with van der Waals surface area (Å²) in [7, 11) is 0. The maximum absolute atomic E-state index is 12.9. The van der Waals surface area contributed by atoms with Gasteiger partial charge in [-0.2, -0.15) is 0 Å². The molecule has 0 saturated heterocycles. The molecule has 1 N–H and O–H groups in total. The first-order valence-corrected chi connectivity index (χ1v) is 9.96. The monoisotopic (exact) mass is 382 g/mol. The van der Waals surface area contributed by atoms with Crippen LogP contribution >= 0.6 is 23.1 Å². The van der Waals surface area contributed by atoms with Gasteiger partial charge in [-0.25, -0.2) is 9.37 Å². The van der Waals surface area contributed by atoms with E-state index in [-0.39, 0.29) is 11.7 Å². The van der Waals surface area contributed by atoms with Crippen LogP contribution in [0.3, 0.4) is 0 Å². The van der Waals surface area contributed by atoms with Gasteiger partial charge in [0.2, 0.25) is 5.91 Å². The van der Waals surface area contributed by atoms with Crippen molar-refractivity contribution < 1.29 is 9.18 Å². The normalized spacial score (nSPS) is 11.1. The summed E-state index contributed by atoms with van der Waals surface area (Å²) in [6.45, 7) is 0. The summed E-state index contributed by atoms with van der Waals surface area (Å²) in [4.78, 5) is 17.6. The molecule has 0 aliphatic carbocycles. The Hall–Kier alpha value is -2.44. The van der Waals surface area contributed by atoms with Crippen LogP contribution in [0.25, 0.3) is 21.0 Å². The highest BCUT2D eigenvalue weighted by atomic mass is 32.2. The predicted octanol–water partition coefficient (Wildman–Crippen LogP) is 5.71. The highest BCUT2D eigenvalue weighted by Crippen LogP contribution is 2.32. The first kappa shape index (κ1) is 17.0. The van der Waals surface area contributed by atoms with Gasteiger partial charge < -0.3 is 5.32 Å². The number of thiazole rings is 1. The minimum atomic E-state index is -0.254. The SMILES string of the molecule is O=C(CCSc1ccc(F)cc1)Nc1nc2ccc3ccccc3c2s1. The Morgan fingerprint density at radius 2 is 1.88 bits per heavy atom. The van der Waals surface area contributed by atoms with E-state index in [4.69, 9.17) is 0 Å². The molecule has 1 aromatic heterocycles. The molecule has 0 saturated carbocycles. The number of benzene rings is 3. The molecule has 4 rings (SSSR count). The lowest BCUT2D eigenvalue weighted by Crippen LogP contribution is -2.11. The second kappa shape index (κ2) is 7.43. The molecule has 0 spiro atoms. The van der Waals surface area contributed by atoms with Crippen LogP contribution < -0.4 is 5.32 Å². The number of halogens is 1. The largest absolute Gasteiger partial charge is 0.302 e. The number of nitrogens with zero attached hydrogens (tertiary/aromatic N) is 1. The Morgan fingerprint density at radius 1 is 1.08 bits per heavy atom. The zero-order valence-corrected chi connectivity index (χ0v) is 15.4. The summed E-state index contributed by atoms with van der Waals surface area (Å²) in [6, 6.07) is 18.5. The molecular weight excluding hydrogens is 367 g/mol. The number of hydrogen-bond donors (Lipinski definition) is 1. The van der Waals surface area contributed by atoms with Crippen molar-refractivity contribution in [1.29, 1.82) is 0 Å². The summed E-state index contributed by atoms with van der Waals surface area (Å²) in [5, 5.41) is 5.82. The van der Waals surface area contributed by atoms with Gasteiger partial charge in [0.15, 0.2) is 5.13 Å². The molecule has 0 atom stereocenters. The maximum Gasteiger partial charge on any atom is 0.226 e. The Bertz CT molecular complexity index is 1080. The van der Waals surface area contributed by atoms with E-state index in [0.717, 1.165) is 25.9 Å². The number of carbonyl (C=O) groups is 1. The third-order valence-corrected chi connectivity index (χ3v) is 5.97. The maximum atomic E-state index is 12.9. The molecule has 0 bridgehead atoms. The first-order chi connectivity index (χ1) is 12.7. The molecular formula is C20H15FN2OS2. The third kappa shape index (κ3) is 3.71. The van der Waals surface area contributed by atoms with Crippen molar-refractivity contribution in [2.45, 2.75) is 11.3 Å². The lowest BCUT2D eigenvalue weighted by atomic mass is 10.1. The topological polar surface area (TPSA) is 42.0 Å². The van der Waals surface area contributed by atoms with Gasteiger partial charge in [0.1, 0.15) is 5.82 Å². The zero-order valence-electron chi connectivity index (χ0n) is 13.7. The van der Waals surface area contributed by atoms with Crippen molar-refractivity contribution in [2.24, 2.45) is 0 Å². The van der Waals surface area contributed by atoms with Crippen LogP contribution in [-0.4, -0.2) is 16.6 Å². The summed E-state index contributed by atoms with van der Waals surface area (Å²) in [5.74, 6) is 0.309. The van der Waals surface area contributed by atoms with E-state index >= 15 is 0 Å². The minimum Gasteiger partial charge on any atom is -0.302 e. The Balaban J connectivity index is 1.41. The number of fused-ring (bicyclic) bond motifs is 3. The highest BCUT2D eigenvalue weighted by Gasteiger charge is 2.10. The first-order valence-electron chi connectivity index (χ1n) is 8.15. The fourth-order valence-electron chi connectivity index (χ4n) is 2.68. The van der Waals surface area contributed by atoms with Crippen molar-refractivity contribution >= 4 is 55.1 Å². The fraction of sp³-hybridized carbons (Fsp3) is 0.100. The Morgan fingerprint density at radius 3 is 2.73 bits per heavy atom. The van der Waals surface area contributed by atoms with Gasteiger partial charge in [-0.3, -0.25) is 4.79 Å². The number of thioether (sulfide) groups is 1. The minimum absolute atomic E-state index is 0.0667. The molecule has 0 aliphatic heterocycles. The van der Waals surface area contributed by atoms with E-state index in [9.17, 15) is 9.18 Å². The Kier molecular flexibility index (Phi) is 4.86. The van der Waals surface area contributed by atoms with Gasteiger partial charge in [-0.1, -0.05) is 41.7 Å². The molecule has 4 aromatic rings. The number of hydrogen-bond acceptors (Lipinski definition) is 4. The molecule has 0 fully saturated rings. The quantitative estimate of drug-likeness (QED) is 0.450. The fourth-order valence-corrected chi connectivity index (χ4v) is 4.55. The number of rotatable bonds is 5. The number of carbonyl (C=O) groups excluding carboxylic acids is 1. The van der Waals surface area contributed by atoms with Gasteiger partial charge in [0.25, 0.3) is 0 Å². The van der Waals surface area contributed by atoms with E-state index < -0.39 is 0 Å². The summed E-state index contributed by atoms with van der Waals surface area (Å²) < 4.78 is 14.0. The lowest BCUT2D eigenvalue weighted by Gasteiger charge is -2.02. The second-order valence-electron chi connectivity index (χ2n) is 5.75. The van der Waals surface area contributed by atoms with Gasteiger partial charge in [0, 0.05) is 22.5 Å². The molecule has 1 amide bonds. The van der Waals surface area contributed by atoms with E-state index in [0.29, 0.717) is 17.3 Å². The van der Waals surface area contributed by atoms with Crippen LogP contribution in [0.1, 0.15) is 6.42 Å². The van der Waals surface area contributed by atoms with Gasteiger partial charge >= 0.3 is 0 Å².